The Kier molecular flexibility index (Phi) is 5.94. The third kappa shape index (κ3) is 3.90. The van der Waals surface area contributed by atoms with Crippen molar-refractivity contribution < 1.29 is 22.7 Å². The third-order valence-electron chi connectivity index (χ3n) is 6.17. The number of hydrogen-bond acceptors (Lipinski definition) is 5. The second-order valence-corrected chi connectivity index (χ2v) is 10.0. The van der Waals surface area contributed by atoms with Crippen LogP contribution in [-0.2, 0) is 21.2 Å². The van der Waals surface area contributed by atoms with E-state index in [2.05, 4.69) is 0 Å². The summed E-state index contributed by atoms with van der Waals surface area (Å²) in [5, 5.41) is 0. The average Bonchev–Trinajstić information content (AvgIpc) is 3.13. The molecule has 0 unspecified atom stereocenters. The quantitative estimate of drug-likeness (QED) is 0.708. The molecule has 0 aliphatic carbocycles. The second kappa shape index (κ2) is 8.51. The van der Waals surface area contributed by atoms with Gasteiger partial charge in [0, 0.05) is 30.9 Å². The van der Waals surface area contributed by atoms with Gasteiger partial charge in [-0.15, -0.1) is 0 Å². The lowest BCUT2D eigenvalue weighted by molar-refractivity contribution is -0.123. The van der Waals surface area contributed by atoms with E-state index in [0.717, 1.165) is 17.7 Å². The molecule has 31 heavy (non-hydrogen) atoms. The van der Waals surface area contributed by atoms with Crippen molar-refractivity contribution in [2.24, 2.45) is 5.92 Å². The normalized spacial score (nSPS) is 21.6. The first-order valence-electron chi connectivity index (χ1n) is 10.5. The maximum absolute atomic E-state index is 13.5. The molecule has 0 saturated carbocycles. The molecule has 0 radical (unpaired) electrons. The summed E-state index contributed by atoms with van der Waals surface area (Å²) < 4.78 is 38.8. The SMILES string of the molecule is COc1ccc(OC)c(S(=O)(=O)N2CCC[C@H](C(=O)N3c4ccccc4C[C@@H]3C)C2)c1. The van der Waals surface area contributed by atoms with Gasteiger partial charge in [-0.3, -0.25) is 4.79 Å². The number of carbonyl (C=O) groups is 1. The first-order chi connectivity index (χ1) is 14.9. The number of fused-ring (bicyclic) bond motifs is 1. The molecule has 2 atom stereocenters. The number of piperidine rings is 1. The fourth-order valence-electron chi connectivity index (χ4n) is 4.59. The summed E-state index contributed by atoms with van der Waals surface area (Å²) in [5.74, 6) is 0.312. The van der Waals surface area contributed by atoms with Gasteiger partial charge < -0.3 is 14.4 Å². The number of sulfonamides is 1. The van der Waals surface area contributed by atoms with Crippen LogP contribution in [0.2, 0.25) is 0 Å². The van der Waals surface area contributed by atoms with Crippen molar-refractivity contribution in [3.05, 3.63) is 48.0 Å². The van der Waals surface area contributed by atoms with E-state index in [1.165, 1.54) is 24.6 Å². The molecule has 2 aromatic rings. The van der Waals surface area contributed by atoms with E-state index in [4.69, 9.17) is 9.47 Å². The zero-order valence-corrected chi connectivity index (χ0v) is 18.9. The van der Waals surface area contributed by atoms with Crippen LogP contribution < -0.4 is 14.4 Å². The Morgan fingerprint density at radius 3 is 2.61 bits per heavy atom. The Morgan fingerprint density at radius 2 is 1.87 bits per heavy atom. The lowest BCUT2D eigenvalue weighted by atomic mass is 9.97. The Labute approximate surface area is 183 Å². The van der Waals surface area contributed by atoms with E-state index in [1.807, 2.05) is 36.1 Å². The number of benzene rings is 2. The molecule has 1 amide bonds. The molecule has 8 heteroatoms. The number of amides is 1. The highest BCUT2D eigenvalue weighted by Crippen LogP contribution is 2.36. The van der Waals surface area contributed by atoms with Crippen LogP contribution in [0.25, 0.3) is 0 Å². The van der Waals surface area contributed by atoms with Crippen LogP contribution >= 0.6 is 0 Å². The smallest absolute Gasteiger partial charge is 0.246 e. The number of carbonyl (C=O) groups excluding carboxylic acids is 1. The second-order valence-electron chi connectivity index (χ2n) is 8.11. The number of nitrogens with zero attached hydrogens (tertiary/aromatic N) is 2. The molecule has 1 fully saturated rings. The minimum Gasteiger partial charge on any atom is -0.497 e. The number of anilines is 1. The molecule has 4 rings (SSSR count). The number of hydrogen-bond donors (Lipinski definition) is 0. The van der Waals surface area contributed by atoms with Gasteiger partial charge in [-0.2, -0.15) is 4.31 Å². The number of methoxy groups -OCH3 is 2. The first-order valence-corrected chi connectivity index (χ1v) is 11.9. The molecule has 0 aromatic heterocycles. The summed E-state index contributed by atoms with van der Waals surface area (Å²) in [7, 11) is -0.915. The highest BCUT2D eigenvalue weighted by molar-refractivity contribution is 7.89. The molecule has 1 saturated heterocycles. The van der Waals surface area contributed by atoms with Crippen molar-refractivity contribution in [3.63, 3.8) is 0 Å². The zero-order chi connectivity index (χ0) is 22.2. The lowest BCUT2D eigenvalue weighted by Gasteiger charge is -2.34. The third-order valence-corrected chi connectivity index (χ3v) is 8.05. The predicted octanol–water partition coefficient (Wildman–Crippen LogP) is 3.08. The van der Waals surface area contributed by atoms with Crippen molar-refractivity contribution in [3.8, 4) is 11.5 Å². The highest BCUT2D eigenvalue weighted by Gasteiger charge is 2.39. The Bertz CT molecular complexity index is 1090. The number of para-hydroxylation sites is 1. The average molecular weight is 445 g/mol. The van der Waals surface area contributed by atoms with Crippen LogP contribution in [0.5, 0.6) is 11.5 Å². The Balaban J connectivity index is 1.60. The molecule has 0 bridgehead atoms. The molecule has 2 aromatic carbocycles. The molecule has 2 heterocycles. The molecule has 7 nitrogen and oxygen atoms in total. The summed E-state index contributed by atoms with van der Waals surface area (Å²) in [5.41, 5.74) is 2.10. The molecular weight excluding hydrogens is 416 g/mol. The van der Waals surface area contributed by atoms with Crippen molar-refractivity contribution in [1.82, 2.24) is 4.31 Å². The van der Waals surface area contributed by atoms with Gasteiger partial charge in [0.15, 0.2) is 0 Å². The number of ether oxygens (including phenoxy) is 2. The first kappa shape index (κ1) is 21.6. The lowest BCUT2D eigenvalue weighted by Crippen LogP contribution is -2.48. The van der Waals surface area contributed by atoms with Crippen LogP contribution in [0.1, 0.15) is 25.3 Å². The van der Waals surface area contributed by atoms with Gasteiger partial charge in [-0.05, 0) is 49.9 Å². The topological polar surface area (TPSA) is 76.1 Å². The Morgan fingerprint density at radius 1 is 1.10 bits per heavy atom. The van der Waals surface area contributed by atoms with Gasteiger partial charge in [0.2, 0.25) is 15.9 Å². The van der Waals surface area contributed by atoms with Crippen LogP contribution in [0, 0.1) is 5.92 Å². The van der Waals surface area contributed by atoms with Crippen molar-refractivity contribution in [1.29, 1.82) is 0 Å². The molecule has 166 valence electrons. The van der Waals surface area contributed by atoms with Crippen molar-refractivity contribution in [2.75, 3.05) is 32.2 Å². The molecule has 0 spiro atoms. The van der Waals surface area contributed by atoms with E-state index in [-0.39, 0.29) is 35.1 Å². The van der Waals surface area contributed by atoms with Gasteiger partial charge >= 0.3 is 0 Å². The van der Waals surface area contributed by atoms with E-state index >= 15 is 0 Å². The summed E-state index contributed by atoms with van der Waals surface area (Å²) in [4.78, 5) is 15.4. The molecule has 2 aliphatic heterocycles. The summed E-state index contributed by atoms with van der Waals surface area (Å²) in [6.45, 7) is 2.57. The largest absolute Gasteiger partial charge is 0.497 e. The molecule has 0 N–H and O–H groups in total. The minimum absolute atomic E-state index is 0.00467. The van der Waals surface area contributed by atoms with Gasteiger partial charge in [-0.1, -0.05) is 18.2 Å². The minimum atomic E-state index is -3.84. The summed E-state index contributed by atoms with van der Waals surface area (Å²) in [6.07, 6.45) is 2.12. The maximum atomic E-state index is 13.5. The summed E-state index contributed by atoms with van der Waals surface area (Å²) >= 11 is 0. The predicted molar refractivity (Wildman–Crippen MR) is 118 cm³/mol. The fourth-order valence-corrected chi connectivity index (χ4v) is 6.28. The van der Waals surface area contributed by atoms with Gasteiger partial charge in [-0.25, -0.2) is 8.42 Å². The van der Waals surface area contributed by atoms with E-state index in [9.17, 15) is 13.2 Å². The van der Waals surface area contributed by atoms with E-state index < -0.39 is 10.0 Å². The number of rotatable bonds is 5. The Hall–Kier alpha value is -2.58. The zero-order valence-electron chi connectivity index (χ0n) is 18.1. The maximum Gasteiger partial charge on any atom is 0.246 e. The molecular formula is C23H28N2O5S. The van der Waals surface area contributed by atoms with Gasteiger partial charge in [0.05, 0.1) is 20.1 Å². The van der Waals surface area contributed by atoms with Crippen LogP contribution in [-0.4, -0.2) is 52.0 Å². The highest BCUT2D eigenvalue weighted by atomic mass is 32.2. The van der Waals surface area contributed by atoms with Crippen LogP contribution in [0.15, 0.2) is 47.4 Å². The van der Waals surface area contributed by atoms with Gasteiger partial charge in [0.25, 0.3) is 0 Å². The standard InChI is InChI=1S/C23H28N2O5S/c1-16-13-17-7-4-5-9-20(17)25(16)23(26)18-8-6-12-24(15-18)31(27,28)22-14-19(29-2)10-11-21(22)30-3/h4-5,7,9-11,14,16,18H,6,8,12-13,15H2,1-3H3/t16-,18-/m0/s1. The fraction of sp³-hybridized carbons (Fsp3) is 0.435. The van der Waals surface area contributed by atoms with Crippen LogP contribution in [0.3, 0.4) is 0 Å². The van der Waals surface area contributed by atoms with Gasteiger partial charge in [0.1, 0.15) is 16.4 Å². The molecule has 2 aliphatic rings. The monoisotopic (exact) mass is 444 g/mol. The van der Waals surface area contributed by atoms with Crippen molar-refractivity contribution >= 4 is 21.6 Å². The summed E-state index contributed by atoms with van der Waals surface area (Å²) in [6, 6.07) is 12.7. The van der Waals surface area contributed by atoms with E-state index in [0.29, 0.717) is 25.1 Å². The van der Waals surface area contributed by atoms with Crippen molar-refractivity contribution in [2.45, 2.75) is 37.1 Å². The van der Waals surface area contributed by atoms with Crippen LogP contribution in [0.4, 0.5) is 5.69 Å². The van der Waals surface area contributed by atoms with E-state index in [1.54, 1.807) is 12.1 Å².